The molecule has 0 radical (unpaired) electrons. The fourth-order valence-electron chi connectivity index (χ4n) is 1.37. The number of halogens is 1. The molecule has 0 amide bonds. The highest BCUT2D eigenvalue weighted by atomic mass is 79.9. The van der Waals surface area contributed by atoms with Gasteiger partial charge in [0, 0.05) is 23.6 Å². The number of aromatic nitrogens is 2. The molecule has 3 nitrogen and oxygen atoms in total. The smallest absolute Gasteiger partial charge is 0.253 e. The summed E-state index contributed by atoms with van der Waals surface area (Å²) in [5.74, 6) is 0.637. The van der Waals surface area contributed by atoms with Crippen LogP contribution in [0.4, 0.5) is 0 Å². The Balaban J connectivity index is 2.54. The molecule has 0 N–H and O–H groups in total. The molecule has 0 aromatic carbocycles. The first-order chi connectivity index (χ1) is 7.13. The molecule has 1 rings (SSSR count). The minimum absolute atomic E-state index is 0.0496. The van der Waals surface area contributed by atoms with Crippen LogP contribution in [0.15, 0.2) is 17.2 Å². The maximum Gasteiger partial charge on any atom is 0.253 e. The van der Waals surface area contributed by atoms with Gasteiger partial charge in [-0.25, -0.2) is 4.98 Å². The van der Waals surface area contributed by atoms with E-state index >= 15 is 0 Å². The molecule has 1 unspecified atom stereocenters. The number of aryl methyl sites for hydroxylation is 2. The molecule has 0 fully saturated rings. The Bertz CT molecular complexity index is 362. The van der Waals surface area contributed by atoms with Gasteiger partial charge in [0.2, 0.25) is 0 Å². The highest BCUT2D eigenvalue weighted by Gasteiger charge is 2.02. The van der Waals surface area contributed by atoms with E-state index in [2.05, 4.69) is 27.8 Å². The van der Waals surface area contributed by atoms with E-state index in [1.807, 2.05) is 6.92 Å². The van der Waals surface area contributed by atoms with Gasteiger partial charge in [0.1, 0.15) is 0 Å². The first kappa shape index (κ1) is 12.4. The van der Waals surface area contributed by atoms with Gasteiger partial charge in [0.25, 0.3) is 5.56 Å². The van der Waals surface area contributed by atoms with Crippen LogP contribution in [0.5, 0.6) is 0 Å². The molecule has 0 saturated carbocycles. The van der Waals surface area contributed by atoms with Gasteiger partial charge in [0.15, 0.2) is 0 Å². The Morgan fingerprint density at radius 1 is 1.53 bits per heavy atom. The average Bonchev–Trinajstić information content (AvgIpc) is 2.17. The van der Waals surface area contributed by atoms with E-state index in [0.717, 1.165) is 30.4 Å². The second-order valence-electron chi connectivity index (χ2n) is 3.93. The second kappa shape index (κ2) is 6.05. The van der Waals surface area contributed by atoms with Crippen molar-refractivity contribution in [3.63, 3.8) is 0 Å². The zero-order valence-corrected chi connectivity index (χ0v) is 10.8. The van der Waals surface area contributed by atoms with Crippen molar-refractivity contribution in [1.29, 1.82) is 0 Å². The standard InChI is InChI=1S/C11H17BrN2O/c1-9(3-5-12)4-6-14-8-13-10(2)7-11(14)15/h7-9H,3-6H2,1-2H3. The van der Waals surface area contributed by atoms with E-state index in [-0.39, 0.29) is 5.56 Å². The number of rotatable bonds is 5. The van der Waals surface area contributed by atoms with Crippen molar-refractivity contribution in [2.24, 2.45) is 5.92 Å². The predicted molar refractivity (Wildman–Crippen MR) is 65.4 cm³/mol. The van der Waals surface area contributed by atoms with Gasteiger partial charge in [-0.15, -0.1) is 0 Å². The van der Waals surface area contributed by atoms with Crippen LogP contribution in [-0.4, -0.2) is 14.9 Å². The van der Waals surface area contributed by atoms with Gasteiger partial charge >= 0.3 is 0 Å². The van der Waals surface area contributed by atoms with Crippen LogP contribution >= 0.6 is 15.9 Å². The van der Waals surface area contributed by atoms with Crippen LogP contribution in [0, 0.1) is 12.8 Å². The molecular weight excluding hydrogens is 256 g/mol. The maximum atomic E-state index is 11.5. The quantitative estimate of drug-likeness (QED) is 0.772. The Morgan fingerprint density at radius 3 is 2.87 bits per heavy atom. The Labute approximate surface area is 98.7 Å². The van der Waals surface area contributed by atoms with Crippen molar-refractivity contribution in [2.45, 2.75) is 33.2 Å². The van der Waals surface area contributed by atoms with E-state index in [1.165, 1.54) is 0 Å². The van der Waals surface area contributed by atoms with E-state index in [4.69, 9.17) is 0 Å². The Kier molecular flexibility index (Phi) is 5.02. The third-order valence-corrected chi connectivity index (χ3v) is 2.94. The summed E-state index contributed by atoms with van der Waals surface area (Å²) in [6.45, 7) is 4.80. The van der Waals surface area contributed by atoms with Crippen LogP contribution in [0.1, 0.15) is 25.5 Å². The van der Waals surface area contributed by atoms with Crippen molar-refractivity contribution in [3.8, 4) is 0 Å². The van der Waals surface area contributed by atoms with Crippen molar-refractivity contribution < 1.29 is 0 Å². The minimum Gasteiger partial charge on any atom is -0.299 e. The molecule has 0 aliphatic heterocycles. The van der Waals surface area contributed by atoms with Gasteiger partial charge in [-0.3, -0.25) is 9.36 Å². The Morgan fingerprint density at radius 2 is 2.27 bits per heavy atom. The molecule has 0 aliphatic rings. The van der Waals surface area contributed by atoms with Gasteiger partial charge in [-0.05, 0) is 25.7 Å². The molecule has 15 heavy (non-hydrogen) atoms. The second-order valence-corrected chi connectivity index (χ2v) is 4.73. The topological polar surface area (TPSA) is 34.9 Å². The molecule has 0 saturated heterocycles. The number of hydrogen-bond donors (Lipinski definition) is 0. The van der Waals surface area contributed by atoms with Crippen LogP contribution in [0.2, 0.25) is 0 Å². The lowest BCUT2D eigenvalue weighted by Crippen LogP contribution is -2.21. The minimum atomic E-state index is 0.0496. The highest BCUT2D eigenvalue weighted by molar-refractivity contribution is 9.09. The number of alkyl halides is 1. The SMILES string of the molecule is Cc1cc(=O)n(CCC(C)CCBr)cn1. The third-order valence-electron chi connectivity index (χ3n) is 2.48. The summed E-state index contributed by atoms with van der Waals surface area (Å²) in [5.41, 5.74) is 0.832. The fraction of sp³-hybridized carbons (Fsp3) is 0.636. The summed E-state index contributed by atoms with van der Waals surface area (Å²) < 4.78 is 1.68. The van der Waals surface area contributed by atoms with E-state index in [9.17, 15) is 4.79 Å². The van der Waals surface area contributed by atoms with Crippen molar-refractivity contribution in [1.82, 2.24) is 9.55 Å². The Hall–Kier alpha value is -0.640. The van der Waals surface area contributed by atoms with Gasteiger partial charge in [-0.1, -0.05) is 22.9 Å². The molecule has 0 bridgehead atoms. The maximum absolute atomic E-state index is 11.5. The van der Waals surface area contributed by atoms with Crippen LogP contribution in [0.3, 0.4) is 0 Å². The van der Waals surface area contributed by atoms with Crippen molar-refractivity contribution in [3.05, 3.63) is 28.4 Å². The zero-order valence-electron chi connectivity index (χ0n) is 9.24. The number of hydrogen-bond acceptors (Lipinski definition) is 2. The summed E-state index contributed by atoms with van der Waals surface area (Å²) in [6, 6.07) is 1.58. The molecule has 1 heterocycles. The van der Waals surface area contributed by atoms with Crippen molar-refractivity contribution in [2.75, 3.05) is 5.33 Å². The summed E-state index contributed by atoms with van der Waals surface area (Å²) in [5, 5.41) is 1.02. The lowest BCUT2D eigenvalue weighted by atomic mass is 10.1. The molecule has 1 aromatic rings. The monoisotopic (exact) mass is 272 g/mol. The summed E-state index contributed by atoms with van der Waals surface area (Å²) in [7, 11) is 0. The summed E-state index contributed by atoms with van der Waals surface area (Å²) in [6.07, 6.45) is 3.81. The largest absolute Gasteiger partial charge is 0.299 e. The highest BCUT2D eigenvalue weighted by Crippen LogP contribution is 2.09. The molecule has 1 aromatic heterocycles. The molecule has 1 atom stereocenters. The molecule has 0 aliphatic carbocycles. The van der Waals surface area contributed by atoms with Gasteiger partial charge < -0.3 is 0 Å². The lowest BCUT2D eigenvalue weighted by Gasteiger charge is -2.10. The molecular formula is C11H17BrN2O. The first-order valence-electron chi connectivity index (χ1n) is 5.22. The predicted octanol–water partition coefficient (Wildman–Crippen LogP) is 2.36. The van der Waals surface area contributed by atoms with Crippen LogP contribution in [-0.2, 0) is 6.54 Å². The third kappa shape index (κ3) is 4.16. The normalized spacial score (nSPS) is 12.7. The summed E-state index contributed by atoms with van der Waals surface area (Å²) in [4.78, 5) is 15.6. The lowest BCUT2D eigenvalue weighted by molar-refractivity contribution is 0.463. The molecule has 0 spiro atoms. The van der Waals surface area contributed by atoms with Crippen LogP contribution < -0.4 is 5.56 Å². The van der Waals surface area contributed by atoms with Gasteiger partial charge in [-0.2, -0.15) is 0 Å². The van der Waals surface area contributed by atoms with Gasteiger partial charge in [0.05, 0.1) is 6.33 Å². The first-order valence-corrected chi connectivity index (χ1v) is 6.34. The average molecular weight is 273 g/mol. The summed E-state index contributed by atoms with van der Waals surface area (Å²) >= 11 is 3.42. The van der Waals surface area contributed by atoms with E-state index in [1.54, 1.807) is 17.0 Å². The van der Waals surface area contributed by atoms with Crippen LogP contribution in [0.25, 0.3) is 0 Å². The van der Waals surface area contributed by atoms with E-state index < -0.39 is 0 Å². The van der Waals surface area contributed by atoms with Crippen molar-refractivity contribution >= 4 is 15.9 Å². The zero-order chi connectivity index (χ0) is 11.3. The fourth-order valence-corrected chi connectivity index (χ4v) is 2.16. The molecule has 4 heteroatoms. The number of nitrogens with zero attached hydrogens (tertiary/aromatic N) is 2. The van der Waals surface area contributed by atoms with E-state index in [0.29, 0.717) is 5.92 Å². The molecule has 84 valence electrons.